The molecule has 0 aromatic heterocycles. The molecule has 10 heavy (non-hydrogen) atoms. The second kappa shape index (κ2) is 2.01. The molecule has 1 aliphatic rings. The van der Waals surface area contributed by atoms with Crippen molar-refractivity contribution < 1.29 is 14.4 Å². The van der Waals surface area contributed by atoms with E-state index in [4.69, 9.17) is 0 Å². The van der Waals surface area contributed by atoms with Gasteiger partial charge in [0.25, 0.3) is 0 Å². The standard InChI is InChI=1S/C7H8O3/c1-3-5(8)4(2)7(10)6(3)9/h3-4H,1-2H3. The highest BCUT2D eigenvalue weighted by molar-refractivity contribution is 6.50. The van der Waals surface area contributed by atoms with E-state index in [-0.39, 0.29) is 5.78 Å². The van der Waals surface area contributed by atoms with Crippen LogP contribution in [0.15, 0.2) is 0 Å². The number of hydrogen-bond acceptors (Lipinski definition) is 3. The molecule has 0 aromatic rings. The maximum Gasteiger partial charge on any atom is 0.209 e. The Morgan fingerprint density at radius 1 is 0.900 bits per heavy atom. The molecule has 3 heteroatoms. The molecule has 0 aliphatic heterocycles. The van der Waals surface area contributed by atoms with Gasteiger partial charge in [0.15, 0.2) is 5.78 Å². The summed E-state index contributed by atoms with van der Waals surface area (Å²) in [4.78, 5) is 32.4. The van der Waals surface area contributed by atoms with Gasteiger partial charge < -0.3 is 0 Å². The molecule has 0 N–H and O–H groups in total. The van der Waals surface area contributed by atoms with Crippen molar-refractivity contribution in [3.8, 4) is 0 Å². The summed E-state index contributed by atoms with van der Waals surface area (Å²) >= 11 is 0. The van der Waals surface area contributed by atoms with Crippen molar-refractivity contribution in [2.45, 2.75) is 13.8 Å². The first-order chi connectivity index (χ1) is 4.55. The molecule has 0 saturated heterocycles. The van der Waals surface area contributed by atoms with Crippen LogP contribution in [0, 0.1) is 11.8 Å². The van der Waals surface area contributed by atoms with Gasteiger partial charge in [-0.2, -0.15) is 0 Å². The highest BCUT2D eigenvalue weighted by Crippen LogP contribution is 2.19. The van der Waals surface area contributed by atoms with Crippen molar-refractivity contribution in [2.24, 2.45) is 11.8 Å². The van der Waals surface area contributed by atoms with Gasteiger partial charge >= 0.3 is 0 Å². The number of carbonyl (C=O) groups is 3. The number of ketones is 3. The molecule has 1 aliphatic carbocycles. The zero-order chi connectivity index (χ0) is 7.89. The highest BCUT2D eigenvalue weighted by atomic mass is 16.2. The van der Waals surface area contributed by atoms with Crippen LogP contribution in [-0.2, 0) is 14.4 Å². The summed E-state index contributed by atoms with van der Waals surface area (Å²) in [5.74, 6) is -2.69. The average Bonchev–Trinajstić information content (AvgIpc) is 2.07. The van der Waals surface area contributed by atoms with Crippen LogP contribution >= 0.6 is 0 Å². The van der Waals surface area contributed by atoms with Gasteiger partial charge in [0.1, 0.15) is 0 Å². The fourth-order valence-electron chi connectivity index (χ4n) is 1.06. The van der Waals surface area contributed by atoms with Crippen LogP contribution in [-0.4, -0.2) is 17.3 Å². The van der Waals surface area contributed by atoms with E-state index >= 15 is 0 Å². The number of rotatable bonds is 0. The van der Waals surface area contributed by atoms with Crippen LogP contribution in [0.1, 0.15) is 13.8 Å². The van der Waals surface area contributed by atoms with Crippen molar-refractivity contribution in [1.29, 1.82) is 0 Å². The van der Waals surface area contributed by atoms with Crippen molar-refractivity contribution in [3.05, 3.63) is 0 Å². The Labute approximate surface area is 58.4 Å². The molecule has 2 atom stereocenters. The van der Waals surface area contributed by atoms with Crippen LogP contribution in [0.2, 0.25) is 0 Å². The van der Waals surface area contributed by atoms with Crippen LogP contribution in [0.3, 0.4) is 0 Å². The molecule has 54 valence electrons. The molecular formula is C7H8O3. The van der Waals surface area contributed by atoms with Gasteiger partial charge in [0, 0.05) is 0 Å². The Morgan fingerprint density at radius 3 is 1.30 bits per heavy atom. The minimum atomic E-state index is -0.692. The van der Waals surface area contributed by atoms with E-state index in [0.717, 1.165) is 0 Å². The summed E-state index contributed by atoms with van der Waals surface area (Å²) in [6.45, 7) is 2.96. The molecule has 0 heterocycles. The number of hydrogen-bond donors (Lipinski definition) is 0. The van der Waals surface area contributed by atoms with Crippen LogP contribution in [0.25, 0.3) is 0 Å². The van der Waals surface area contributed by atoms with Crippen LogP contribution in [0.4, 0.5) is 0 Å². The number of Topliss-reactive ketones (excluding diaryl/α,β-unsaturated/α-hetero) is 3. The Morgan fingerprint density at radius 2 is 1.20 bits per heavy atom. The van der Waals surface area contributed by atoms with Gasteiger partial charge in [-0.15, -0.1) is 0 Å². The summed E-state index contributed by atoms with van der Waals surface area (Å²) in [5, 5.41) is 0. The lowest BCUT2D eigenvalue weighted by molar-refractivity contribution is -0.136. The normalized spacial score (nSPS) is 33.6. The first kappa shape index (κ1) is 7.12. The predicted molar refractivity (Wildman–Crippen MR) is 33.3 cm³/mol. The minimum absolute atomic E-state index is 0.241. The Hall–Kier alpha value is -0.990. The van der Waals surface area contributed by atoms with Gasteiger partial charge in [-0.05, 0) is 13.8 Å². The zero-order valence-corrected chi connectivity index (χ0v) is 5.88. The van der Waals surface area contributed by atoms with Gasteiger partial charge in [0.2, 0.25) is 11.6 Å². The average molecular weight is 140 g/mol. The summed E-state index contributed by atoms with van der Waals surface area (Å²) in [7, 11) is 0. The van der Waals surface area contributed by atoms with Crippen molar-refractivity contribution in [2.75, 3.05) is 0 Å². The second-order valence-corrected chi connectivity index (χ2v) is 2.57. The molecule has 1 rings (SSSR count). The van der Waals surface area contributed by atoms with E-state index in [0.29, 0.717) is 0 Å². The first-order valence-electron chi connectivity index (χ1n) is 3.17. The molecule has 0 amide bonds. The fourth-order valence-corrected chi connectivity index (χ4v) is 1.06. The summed E-state index contributed by atoms with van der Waals surface area (Å²) in [6.07, 6.45) is 0. The van der Waals surface area contributed by atoms with Crippen molar-refractivity contribution in [3.63, 3.8) is 0 Å². The first-order valence-corrected chi connectivity index (χ1v) is 3.17. The third kappa shape index (κ3) is 0.701. The van der Waals surface area contributed by atoms with Gasteiger partial charge in [-0.1, -0.05) is 0 Å². The smallest absolute Gasteiger partial charge is 0.209 e. The van der Waals surface area contributed by atoms with Crippen molar-refractivity contribution >= 4 is 17.3 Å². The maximum absolute atomic E-state index is 10.9. The maximum atomic E-state index is 10.9. The zero-order valence-electron chi connectivity index (χ0n) is 5.88. The predicted octanol–water partition coefficient (Wildman–Crippen LogP) is -0.0205. The highest BCUT2D eigenvalue weighted by Gasteiger charge is 2.43. The SMILES string of the molecule is CC1C(=O)C(=O)C(C)C1=O. The third-order valence-electron chi connectivity index (χ3n) is 1.88. The van der Waals surface area contributed by atoms with E-state index < -0.39 is 23.4 Å². The minimum Gasteiger partial charge on any atom is -0.298 e. The van der Waals surface area contributed by atoms with E-state index in [9.17, 15) is 14.4 Å². The van der Waals surface area contributed by atoms with Gasteiger partial charge in [-0.25, -0.2) is 0 Å². The molecule has 1 fully saturated rings. The molecule has 0 aromatic carbocycles. The van der Waals surface area contributed by atoms with Crippen molar-refractivity contribution in [1.82, 2.24) is 0 Å². The molecular weight excluding hydrogens is 132 g/mol. The third-order valence-corrected chi connectivity index (χ3v) is 1.88. The lowest BCUT2D eigenvalue weighted by atomic mass is 10.1. The molecule has 3 nitrogen and oxygen atoms in total. The molecule has 0 spiro atoms. The monoisotopic (exact) mass is 140 g/mol. The Kier molecular flexibility index (Phi) is 1.43. The fraction of sp³-hybridized carbons (Fsp3) is 0.571. The van der Waals surface area contributed by atoms with Crippen LogP contribution < -0.4 is 0 Å². The topological polar surface area (TPSA) is 51.2 Å². The number of carbonyl (C=O) groups excluding carboxylic acids is 3. The second-order valence-electron chi connectivity index (χ2n) is 2.57. The van der Waals surface area contributed by atoms with Gasteiger partial charge in [-0.3, -0.25) is 14.4 Å². The van der Waals surface area contributed by atoms with E-state index in [1.807, 2.05) is 0 Å². The summed E-state index contributed by atoms with van der Waals surface area (Å²) < 4.78 is 0. The molecule has 0 radical (unpaired) electrons. The van der Waals surface area contributed by atoms with E-state index in [2.05, 4.69) is 0 Å². The molecule has 2 unspecified atom stereocenters. The quantitative estimate of drug-likeness (QED) is 0.351. The summed E-state index contributed by atoms with van der Waals surface area (Å²) in [5.41, 5.74) is 0. The van der Waals surface area contributed by atoms with E-state index in [1.165, 1.54) is 13.8 Å². The largest absolute Gasteiger partial charge is 0.298 e. The van der Waals surface area contributed by atoms with Gasteiger partial charge in [0.05, 0.1) is 11.8 Å². The lowest BCUT2D eigenvalue weighted by Gasteiger charge is -1.93. The Balaban J connectivity index is 3.00. The molecule has 1 saturated carbocycles. The Bertz CT molecular complexity index is 195. The van der Waals surface area contributed by atoms with E-state index in [1.54, 1.807) is 0 Å². The van der Waals surface area contributed by atoms with Crippen LogP contribution in [0.5, 0.6) is 0 Å². The lowest BCUT2D eigenvalue weighted by Crippen LogP contribution is -2.12. The molecule has 0 bridgehead atoms. The summed E-state index contributed by atoms with van der Waals surface area (Å²) in [6, 6.07) is 0.